The second-order valence-electron chi connectivity index (χ2n) is 17.0. The van der Waals surface area contributed by atoms with E-state index in [4.69, 9.17) is 5.73 Å². The van der Waals surface area contributed by atoms with Gasteiger partial charge < -0.3 is 40.2 Å². The van der Waals surface area contributed by atoms with Gasteiger partial charge in [0.15, 0.2) is 17.7 Å². The molecule has 4 amide bonds. The topological polar surface area (TPSA) is 195 Å². The number of amides is 4. The maximum absolute atomic E-state index is 14.7. The number of hydrogen-bond donors (Lipinski definition) is 4. The van der Waals surface area contributed by atoms with E-state index >= 15 is 0 Å². The zero-order valence-electron chi connectivity index (χ0n) is 38.8. The number of nitrogens with two attached hydrogens (primary N) is 1. The number of aliphatic imine (C=N–C) groups is 1. The number of nitrogens with one attached hydrogen (secondary N) is 1. The first-order chi connectivity index (χ1) is 34.4. The summed E-state index contributed by atoms with van der Waals surface area (Å²) in [6.45, 7) is 4.24. The molecular weight excluding hydrogens is 945 g/mol. The van der Waals surface area contributed by atoms with Crippen molar-refractivity contribution in [2.45, 2.75) is 64.2 Å². The number of guanidine groups is 1. The number of rotatable bonds is 14. The highest BCUT2D eigenvalue weighted by atomic mass is 19.4. The number of nitrogens with zero attached hydrogens (tertiary/aromatic N) is 9. The zero-order chi connectivity index (χ0) is 51.6. The smallest absolute Gasteiger partial charge is 0.416 e. The first-order valence-electron chi connectivity index (χ1n) is 22.8. The Balaban J connectivity index is 1.02. The van der Waals surface area contributed by atoms with Gasteiger partial charge in [-0.3, -0.25) is 14.8 Å². The van der Waals surface area contributed by atoms with Crippen LogP contribution in [0.2, 0.25) is 0 Å². The second kappa shape index (κ2) is 20.0. The summed E-state index contributed by atoms with van der Waals surface area (Å²) >= 11 is 0. The molecule has 0 unspecified atom stereocenters. The molecule has 372 valence electrons. The molecule has 21 heteroatoms. The van der Waals surface area contributed by atoms with Crippen molar-refractivity contribution in [3.63, 3.8) is 0 Å². The maximum atomic E-state index is 14.7. The molecular formula is C51H47F6N11O4. The highest BCUT2D eigenvalue weighted by Gasteiger charge is 2.45. The fourth-order valence-corrected chi connectivity index (χ4v) is 9.18. The third kappa shape index (κ3) is 9.52. The molecule has 4 aromatic carbocycles. The maximum Gasteiger partial charge on any atom is 0.416 e. The number of urea groups is 2. The van der Waals surface area contributed by atoms with Gasteiger partial charge in [-0.15, -0.1) is 0 Å². The third-order valence-electron chi connectivity index (χ3n) is 12.6. The van der Waals surface area contributed by atoms with Gasteiger partial charge in [-0.25, -0.2) is 9.59 Å². The molecule has 6 aromatic rings. The number of nitriles is 2. The molecule has 0 spiro atoms. The van der Waals surface area contributed by atoms with Crippen LogP contribution in [0.15, 0.2) is 114 Å². The minimum Gasteiger partial charge on any atom is -0.494 e. The number of halogens is 6. The standard InChI is InChI=1S/C51H47F6N11O4/c1-3-63-29-39-41(45(63)69)43(33-17-13-31(27-58)14-18-33)65(48(71)67(39)37-11-5-9-35(25-37)50(52,53)54)23-7-21-61-47(60)62-22-8-24-66-44(34-19-15-32(28-59)16-20-34)42-40(30-64(4-2)46(42)70)68(49(66)72)38-12-6-10-36(26-38)51(55,56)57/h5-6,9-20,25-26,29-30,43-44,69-70H,3-4,7-8,21-24H2,1-2H3,(H3,60,61,62)/t43-,44-/m1/s1. The van der Waals surface area contributed by atoms with E-state index in [0.29, 0.717) is 22.3 Å². The van der Waals surface area contributed by atoms with E-state index in [1.165, 1.54) is 55.6 Å². The number of fused-ring (bicyclic) bond motifs is 2. The summed E-state index contributed by atoms with van der Waals surface area (Å²) in [4.78, 5) is 38.9. The van der Waals surface area contributed by atoms with Gasteiger partial charge in [-0.2, -0.15) is 36.9 Å². The van der Waals surface area contributed by atoms with E-state index in [1.54, 1.807) is 62.4 Å². The summed E-state index contributed by atoms with van der Waals surface area (Å²) in [6.07, 6.45) is -5.99. The van der Waals surface area contributed by atoms with E-state index in [9.17, 15) is 56.7 Å². The molecule has 0 saturated heterocycles. The van der Waals surface area contributed by atoms with Gasteiger partial charge in [0.25, 0.3) is 0 Å². The molecule has 2 aromatic heterocycles. The van der Waals surface area contributed by atoms with E-state index in [2.05, 4.69) is 22.4 Å². The molecule has 0 bridgehead atoms. The average Bonchev–Trinajstić information content (AvgIpc) is 3.87. The number of alkyl halides is 6. The minimum atomic E-state index is -4.71. The minimum absolute atomic E-state index is 0.000202. The highest BCUT2D eigenvalue weighted by molar-refractivity contribution is 6.04. The van der Waals surface area contributed by atoms with Crippen LogP contribution in [0.4, 0.5) is 58.7 Å². The van der Waals surface area contributed by atoms with Gasteiger partial charge in [0.2, 0.25) is 0 Å². The summed E-state index contributed by atoms with van der Waals surface area (Å²) in [5.41, 5.74) is 6.88. The lowest BCUT2D eigenvalue weighted by molar-refractivity contribution is -0.138. The van der Waals surface area contributed by atoms with Crippen molar-refractivity contribution < 1.29 is 46.1 Å². The normalized spacial score (nSPS) is 16.1. The number of hydrogen-bond acceptors (Lipinski definition) is 7. The molecule has 15 nitrogen and oxygen atoms in total. The predicted molar refractivity (Wildman–Crippen MR) is 255 cm³/mol. The quantitative estimate of drug-likeness (QED) is 0.0358. The first kappa shape index (κ1) is 49.8. The van der Waals surface area contributed by atoms with E-state index < -0.39 is 47.6 Å². The number of anilines is 4. The highest BCUT2D eigenvalue weighted by Crippen LogP contribution is 2.51. The van der Waals surface area contributed by atoms with Crippen LogP contribution in [0.25, 0.3) is 0 Å². The van der Waals surface area contributed by atoms with E-state index in [0.717, 1.165) is 34.1 Å². The molecule has 0 aliphatic carbocycles. The van der Waals surface area contributed by atoms with Crippen LogP contribution in [0.1, 0.15) is 83.3 Å². The number of aromatic nitrogens is 2. The van der Waals surface area contributed by atoms with Crippen LogP contribution in [-0.2, 0) is 25.4 Å². The number of carbonyl (C=O) groups excluding carboxylic acids is 2. The van der Waals surface area contributed by atoms with Gasteiger partial charge in [-0.05, 0) is 98.5 Å². The van der Waals surface area contributed by atoms with Gasteiger partial charge in [0.1, 0.15) is 0 Å². The van der Waals surface area contributed by atoms with Gasteiger partial charge in [0.05, 0.1) is 80.4 Å². The van der Waals surface area contributed by atoms with Crippen molar-refractivity contribution in [3.05, 3.63) is 154 Å². The Morgan fingerprint density at radius 2 is 1.08 bits per heavy atom. The second-order valence-corrected chi connectivity index (χ2v) is 17.0. The summed E-state index contributed by atoms with van der Waals surface area (Å²) in [5, 5.41) is 45.2. The van der Waals surface area contributed by atoms with Crippen LogP contribution >= 0.6 is 0 Å². The first-order valence-corrected chi connectivity index (χ1v) is 22.8. The number of aromatic hydroxyl groups is 2. The lowest BCUT2D eigenvalue weighted by atomic mass is 9.94. The Morgan fingerprint density at radius 1 is 0.667 bits per heavy atom. The van der Waals surface area contributed by atoms with Crippen molar-refractivity contribution in [2.24, 2.45) is 10.7 Å². The van der Waals surface area contributed by atoms with Crippen LogP contribution in [0.3, 0.4) is 0 Å². The molecule has 5 N–H and O–H groups in total. The number of carbonyl (C=O) groups is 2. The SMILES string of the molecule is CCn1cc2c(c1O)[C@@H](c1ccc(C#N)cc1)N(CCCN=C(N)NCCCN1C(=O)N(c3cccc(C(F)(F)F)c3)c3cn(CC)c(O)c3[C@H]1c1ccc(C#N)cc1)C(=O)N2c1cccc(C(F)(F)F)c1. The van der Waals surface area contributed by atoms with E-state index in [1.807, 2.05) is 0 Å². The fraction of sp³-hybridized carbons (Fsp3) is 0.275. The Morgan fingerprint density at radius 3 is 1.47 bits per heavy atom. The number of benzene rings is 4. The Bertz CT molecular complexity index is 3120. The van der Waals surface area contributed by atoms with Crippen molar-refractivity contribution in [1.29, 1.82) is 10.5 Å². The summed E-state index contributed by atoms with van der Waals surface area (Å²) < 4.78 is 86.7. The van der Waals surface area contributed by atoms with Crippen LogP contribution in [0, 0.1) is 22.7 Å². The molecule has 0 radical (unpaired) electrons. The molecule has 2 aliphatic rings. The van der Waals surface area contributed by atoms with Gasteiger partial charge >= 0.3 is 24.4 Å². The molecule has 0 saturated carbocycles. The molecule has 0 fully saturated rings. The predicted octanol–water partition coefficient (Wildman–Crippen LogP) is 10.2. The molecule has 72 heavy (non-hydrogen) atoms. The van der Waals surface area contributed by atoms with Gasteiger partial charge in [0, 0.05) is 51.7 Å². The van der Waals surface area contributed by atoms with Crippen LogP contribution in [0.5, 0.6) is 11.8 Å². The number of aryl methyl sites for hydroxylation is 2. The van der Waals surface area contributed by atoms with Crippen LogP contribution < -0.4 is 20.9 Å². The van der Waals surface area contributed by atoms with Crippen LogP contribution in [-0.4, -0.2) is 73.3 Å². The summed E-state index contributed by atoms with van der Waals surface area (Å²) in [7, 11) is 0. The van der Waals surface area contributed by atoms with Crippen molar-refractivity contribution in [1.82, 2.24) is 24.3 Å². The van der Waals surface area contributed by atoms with Crippen molar-refractivity contribution >= 4 is 40.8 Å². The average molecular weight is 992 g/mol. The summed E-state index contributed by atoms with van der Waals surface area (Å²) in [5.74, 6) is -0.397. The molecule has 2 aliphatic heterocycles. The third-order valence-corrected chi connectivity index (χ3v) is 12.6. The fourth-order valence-electron chi connectivity index (χ4n) is 9.18. The summed E-state index contributed by atoms with van der Waals surface area (Å²) in [6, 6.07) is 22.4. The van der Waals surface area contributed by atoms with E-state index in [-0.39, 0.29) is 104 Å². The van der Waals surface area contributed by atoms with Crippen molar-refractivity contribution in [2.75, 3.05) is 36.0 Å². The zero-order valence-corrected chi connectivity index (χ0v) is 38.8. The van der Waals surface area contributed by atoms with Gasteiger partial charge in [-0.1, -0.05) is 36.4 Å². The largest absolute Gasteiger partial charge is 0.494 e. The molecule has 8 rings (SSSR count). The lowest BCUT2D eigenvalue weighted by Gasteiger charge is -2.41. The monoisotopic (exact) mass is 991 g/mol. The lowest BCUT2D eigenvalue weighted by Crippen LogP contribution is -2.48. The Hall–Kier alpha value is -8.59. The van der Waals surface area contributed by atoms with Crippen molar-refractivity contribution in [3.8, 4) is 23.9 Å². The molecule has 4 heterocycles. The Labute approximate surface area is 409 Å². The molecule has 2 atom stereocenters. The Kier molecular flexibility index (Phi) is 13.9.